The lowest BCUT2D eigenvalue weighted by atomic mass is 10.1. The minimum atomic E-state index is -4.73. The summed E-state index contributed by atoms with van der Waals surface area (Å²) < 4.78 is 39.6. The Balaban J connectivity index is 1.77. The molecule has 3 rings (SSSR count). The standard InChI is InChI=1S/C16H12F3N7O3/c1-9-6-10(2-5-13(9)25-8-20-23-24-25)15(27)22-21-12-4-3-11(16(17,18)19)7-14(12)26(28)29/h2-8,21H,1H3,(H,22,27). The van der Waals surface area contributed by atoms with Crippen LogP contribution in [0.1, 0.15) is 21.5 Å². The fourth-order valence-electron chi connectivity index (χ4n) is 2.49. The largest absolute Gasteiger partial charge is 0.416 e. The van der Waals surface area contributed by atoms with Crippen molar-refractivity contribution in [3.05, 3.63) is 69.5 Å². The Labute approximate surface area is 160 Å². The molecule has 1 heterocycles. The fraction of sp³-hybridized carbons (Fsp3) is 0.125. The minimum Gasteiger partial charge on any atom is -0.292 e. The van der Waals surface area contributed by atoms with Crippen LogP contribution >= 0.6 is 0 Å². The summed E-state index contributed by atoms with van der Waals surface area (Å²) in [5.74, 6) is -0.648. The van der Waals surface area contributed by atoms with E-state index in [1.165, 1.54) is 23.1 Å². The molecule has 2 N–H and O–H groups in total. The molecular formula is C16H12F3N7O3. The number of aromatic nitrogens is 4. The van der Waals surface area contributed by atoms with Crippen LogP contribution in [0.25, 0.3) is 5.69 Å². The maximum absolute atomic E-state index is 12.7. The summed E-state index contributed by atoms with van der Waals surface area (Å²) in [6, 6.07) is 6.54. The predicted octanol–water partition coefficient (Wildman–Crippen LogP) is 2.65. The van der Waals surface area contributed by atoms with E-state index in [0.717, 1.165) is 6.07 Å². The Hall–Kier alpha value is -4.03. The first kappa shape index (κ1) is 19.7. The Morgan fingerprint density at radius 3 is 2.55 bits per heavy atom. The van der Waals surface area contributed by atoms with Gasteiger partial charge < -0.3 is 0 Å². The van der Waals surface area contributed by atoms with Crippen molar-refractivity contribution in [2.24, 2.45) is 0 Å². The van der Waals surface area contributed by atoms with Gasteiger partial charge in [-0.25, -0.2) is 4.68 Å². The van der Waals surface area contributed by atoms with Crippen molar-refractivity contribution >= 4 is 17.3 Å². The SMILES string of the molecule is Cc1cc(C(=O)NNc2ccc(C(F)(F)F)cc2[N+](=O)[O-])ccc1-n1cnnn1. The van der Waals surface area contributed by atoms with Crippen LogP contribution in [0.4, 0.5) is 24.5 Å². The Morgan fingerprint density at radius 1 is 1.21 bits per heavy atom. The summed E-state index contributed by atoms with van der Waals surface area (Å²) >= 11 is 0. The van der Waals surface area contributed by atoms with Crippen molar-refractivity contribution in [3.63, 3.8) is 0 Å². The third kappa shape index (κ3) is 4.28. The number of carbonyl (C=O) groups excluding carboxylic acids is 1. The minimum absolute atomic E-state index is 0.210. The van der Waals surface area contributed by atoms with Crippen LogP contribution in [0.5, 0.6) is 0 Å². The number of amides is 1. The maximum Gasteiger partial charge on any atom is 0.416 e. The van der Waals surface area contributed by atoms with E-state index in [9.17, 15) is 28.1 Å². The molecule has 10 nitrogen and oxygen atoms in total. The molecule has 0 saturated carbocycles. The van der Waals surface area contributed by atoms with Crippen molar-refractivity contribution in [2.45, 2.75) is 13.1 Å². The van der Waals surface area contributed by atoms with Gasteiger partial charge in [0.2, 0.25) is 0 Å². The van der Waals surface area contributed by atoms with Gasteiger partial charge in [0.15, 0.2) is 0 Å². The maximum atomic E-state index is 12.7. The van der Waals surface area contributed by atoms with Crippen LogP contribution < -0.4 is 10.9 Å². The highest BCUT2D eigenvalue weighted by Gasteiger charge is 2.33. The van der Waals surface area contributed by atoms with Gasteiger partial charge in [0.05, 0.1) is 16.2 Å². The number of alkyl halides is 3. The molecule has 1 aromatic heterocycles. The number of hydrogen-bond donors (Lipinski definition) is 2. The highest BCUT2D eigenvalue weighted by Crippen LogP contribution is 2.34. The molecule has 0 aliphatic heterocycles. The number of nitrogens with zero attached hydrogens (tertiary/aromatic N) is 5. The molecule has 0 unspecified atom stereocenters. The number of aryl methyl sites for hydroxylation is 1. The number of nitro groups is 1. The lowest BCUT2D eigenvalue weighted by Crippen LogP contribution is -2.29. The average molecular weight is 407 g/mol. The zero-order valence-corrected chi connectivity index (χ0v) is 14.6. The van der Waals surface area contributed by atoms with Gasteiger partial charge in [0.1, 0.15) is 12.0 Å². The van der Waals surface area contributed by atoms with Crippen LogP contribution in [-0.2, 0) is 6.18 Å². The molecular weight excluding hydrogens is 395 g/mol. The second kappa shape index (κ2) is 7.53. The van der Waals surface area contributed by atoms with Gasteiger partial charge in [-0.1, -0.05) is 0 Å². The lowest BCUT2D eigenvalue weighted by Gasteiger charge is -2.12. The van der Waals surface area contributed by atoms with Gasteiger partial charge in [0, 0.05) is 11.6 Å². The van der Waals surface area contributed by atoms with Crippen LogP contribution in [0.2, 0.25) is 0 Å². The second-order valence-corrected chi connectivity index (χ2v) is 5.82. The smallest absolute Gasteiger partial charge is 0.292 e. The summed E-state index contributed by atoms with van der Waals surface area (Å²) in [6.07, 6.45) is -3.35. The van der Waals surface area contributed by atoms with Crippen molar-refractivity contribution < 1.29 is 22.9 Å². The first-order valence-corrected chi connectivity index (χ1v) is 7.93. The zero-order valence-electron chi connectivity index (χ0n) is 14.6. The molecule has 1 amide bonds. The number of nitro benzene ring substituents is 1. The summed E-state index contributed by atoms with van der Waals surface area (Å²) in [5.41, 5.74) is 3.74. The highest BCUT2D eigenvalue weighted by molar-refractivity contribution is 5.95. The number of halogens is 3. The normalized spacial score (nSPS) is 11.2. The van der Waals surface area contributed by atoms with Crippen molar-refractivity contribution in [1.29, 1.82) is 0 Å². The molecule has 0 bridgehead atoms. The summed E-state index contributed by atoms with van der Waals surface area (Å²) in [5, 5.41) is 21.9. The van der Waals surface area contributed by atoms with E-state index < -0.39 is 28.3 Å². The van der Waals surface area contributed by atoms with Gasteiger partial charge in [0.25, 0.3) is 11.6 Å². The molecule has 3 aromatic rings. The van der Waals surface area contributed by atoms with Gasteiger partial charge >= 0.3 is 6.18 Å². The molecule has 0 aliphatic carbocycles. The van der Waals surface area contributed by atoms with Gasteiger partial charge in [-0.3, -0.25) is 25.8 Å². The summed E-state index contributed by atoms with van der Waals surface area (Å²) in [7, 11) is 0. The molecule has 0 radical (unpaired) electrons. The topological polar surface area (TPSA) is 128 Å². The van der Waals surface area contributed by atoms with Gasteiger partial charge in [-0.15, -0.1) is 5.10 Å². The number of rotatable bonds is 5. The number of hydrogen-bond acceptors (Lipinski definition) is 7. The first-order valence-electron chi connectivity index (χ1n) is 7.93. The first-order chi connectivity index (χ1) is 13.7. The number of tetrazole rings is 1. The molecule has 0 fully saturated rings. The molecule has 13 heteroatoms. The number of benzene rings is 2. The average Bonchev–Trinajstić information content (AvgIpc) is 3.19. The molecule has 2 aromatic carbocycles. The number of anilines is 1. The Bertz CT molecular complexity index is 1070. The number of nitrogens with one attached hydrogen (secondary N) is 2. The van der Waals surface area contributed by atoms with Crippen molar-refractivity contribution in [1.82, 2.24) is 25.6 Å². The summed E-state index contributed by atoms with van der Waals surface area (Å²) in [4.78, 5) is 22.4. The predicted molar refractivity (Wildman–Crippen MR) is 93.1 cm³/mol. The van der Waals surface area contributed by atoms with Crippen LogP contribution in [-0.4, -0.2) is 31.0 Å². The van der Waals surface area contributed by atoms with Crippen molar-refractivity contribution in [2.75, 3.05) is 5.43 Å². The van der Waals surface area contributed by atoms with Gasteiger partial charge in [-0.05, 0) is 53.2 Å². The monoisotopic (exact) mass is 407 g/mol. The van der Waals surface area contributed by atoms with Crippen LogP contribution in [0.3, 0.4) is 0 Å². The van der Waals surface area contributed by atoms with E-state index in [-0.39, 0.29) is 11.3 Å². The van der Waals surface area contributed by atoms with E-state index in [2.05, 4.69) is 26.4 Å². The Kier molecular flexibility index (Phi) is 5.12. The van der Waals surface area contributed by atoms with E-state index in [1.807, 2.05) is 0 Å². The zero-order chi connectivity index (χ0) is 21.2. The second-order valence-electron chi connectivity index (χ2n) is 5.82. The van der Waals surface area contributed by atoms with E-state index in [4.69, 9.17) is 0 Å². The van der Waals surface area contributed by atoms with Crippen LogP contribution in [0.15, 0.2) is 42.7 Å². The van der Waals surface area contributed by atoms with Crippen LogP contribution in [0, 0.1) is 17.0 Å². The van der Waals surface area contributed by atoms with Crippen molar-refractivity contribution in [3.8, 4) is 5.69 Å². The number of hydrazine groups is 1. The molecule has 0 atom stereocenters. The van der Waals surface area contributed by atoms with E-state index in [1.54, 1.807) is 13.0 Å². The molecule has 0 spiro atoms. The van der Waals surface area contributed by atoms with E-state index >= 15 is 0 Å². The highest BCUT2D eigenvalue weighted by atomic mass is 19.4. The van der Waals surface area contributed by atoms with Gasteiger partial charge in [-0.2, -0.15) is 13.2 Å². The Morgan fingerprint density at radius 2 is 1.97 bits per heavy atom. The fourth-order valence-corrected chi connectivity index (χ4v) is 2.49. The van der Waals surface area contributed by atoms with E-state index in [0.29, 0.717) is 23.4 Å². The molecule has 29 heavy (non-hydrogen) atoms. The quantitative estimate of drug-likeness (QED) is 0.491. The molecule has 0 aliphatic rings. The summed E-state index contributed by atoms with van der Waals surface area (Å²) in [6.45, 7) is 1.72. The third-order valence-corrected chi connectivity index (χ3v) is 3.89. The molecule has 0 saturated heterocycles. The number of carbonyl (C=O) groups is 1. The molecule has 150 valence electrons. The third-order valence-electron chi connectivity index (χ3n) is 3.89. The lowest BCUT2D eigenvalue weighted by molar-refractivity contribution is -0.384.